The van der Waals surface area contributed by atoms with Crippen molar-refractivity contribution in [3.05, 3.63) is 39.7 Å². The maximum Gasteiger partial charge on any atom is 0.282 e. The van der Waals surface area contributed by atoms with Crippen molar-refractivity contribution in [3.8, 4) is 0 Å². The number of amides is 1. The molecular formula is C11H15ClFN3O3. The molecule has 6 nitrogen and oxygen atoms in total. The molecule has 0 spiro atoms. The number of nitro groups is 1. The summed E-state index contributed by atoms with van der Waals surface area (Å²) in [7, 11) is 0. The summed E-state index contributed by atoms with van der Waals surface area (Å²) in [5.41, 5.74) is 3.95. The van der Waals surface area contributed by atoms with Gasteiger partial charge in [-0.05, 0) is 26.0 Å². The minimum Gasteiger partial charge on any atom is -0.346 e. The van der Waals surface area contributed by atoms with E-state index in [9.17, 15) is 19.3 Å². The predicted octanol–water partition coefficient (Wildman–Crippen LogP) is 1.62. The lowest BCUT2D eigenvalue weighted by molar-refractivity contribution is -0.385. The van der Waals surface area contributed by atoms with Crippen LogP contribution in [0.1, 0.15) is 24.2 Å². The lowest BCUT2D eigenvalue weighted by Gasteiger charge is -2.24. The summed E-state index contributed by atoms with van der Waals surface area (Å²) >= 11 is 0. The second-order valence-electron chi connectivity index (χ2n) is 4.46. The third-order valence-electron chi connectivity index (χ3n) is 2.36. The molecular weight excluding hydrogens is 277 g/mol. The molecule has 1 aromatic carbocycles. The van der Waals surface area contributed by atoms with E-state index in [1.807, 2.05) is 0 Å². The summed E-state index contributed by atoms with van der Waals surface area (Å²) in [5.74, 6) is -1.44. The number of carbonyl (C=O) groups excluding carboxylic acids is 1. The minimum absolute atomic E-state index is 0. The quantitative estimate of drug-likeness (QED) is 0.650. The minimum atomic E-state index is -0.732. The number of carbonyl (C=O) groups is 1. The SMILES string of the molecule is CC(C)(CN)NC(=O)c1cc(F)ccc1[N+](=O)[O-].Cl. The van der Waals surface area contributed by atoms with Gasteiger partial charge in [-0.3, -0.25) is 14.9 Å². The Hall–Kier alpha value is -1.73. The van der Waals surface area contributed by atoms with Crippen molar-refractivity contribution >= 4 is 24.0 Å². The molecule has 19 heavy (non-hydrogen) atoms. The highest BCUT2D eigenvalue weighted by Crippen LogP contribution is 2.20. The third-order valence-corrected chi connectivity index (χ3v) is 2.36. The van der Waals surface area contributed by atoms with Gasteiger partial charge >= 0.3 is 0 Å². The van der Waals surface area contributed by atoms with Gasteiger partial charge in [0.2, 0.25) is 0 Å². The predicted molar refractivity (Wildman–Crippen MR) is 70.9 cm³/mol. The number of halogens is 2. The number of hydrogen-bond donors (Lipinski definition) is 2. The molecule has 0 fully saturated rings. The average Bonchev–Trinajstić information content (AvgIpc) is 2.28. The zero-order chi connectivity index (χ0) is 13.9. The van der Waals surface area contributed by atoms with Gasteiger partial charge in [0, 0.05) is 18.2 Å². The van der Waals surface area contributed by atoms with E-state index in [1.54, 1.807) is 13.8 Å². The van der Waals surface area contributed by atoms with Crippen molar-refractivity contribution < 1.29 is 14.1 Å². The van der Waals surface area contributed by atoms with E-state index in [1.165, 1.54) is 0 Å². The molecule has 0 aliphatic heterocycles. The monoisotopic (exact) mass is 291 g/mol. The van der Waals surface area contributed by atoms with Gasteiger partial charge in [0.25, 0.3) is 11.6 Å². The van der Waals surface area contributed by atoms with Crippen LogP contribution in [0.15, 0.2) is 18.2 Å². The van der Waals surface area contributed by atoms with Gasteiger partial charge in [0.1, 0.15) is 11.4 Å². The van der Waals surface area contributed by atoms with Gasteiger partial charge in [-0.2, -0.15) is 0 Å². The third kappa shape index (κ3) is 4.46. The summed E-state index contributed by atoms with van der Waals surface area (Å²) in [4.78, 5) is 21.9. The number of nitro benzene ring substituents is 1. The molecule has 0 bridgehead atoms. The Labute approximate surface area is 115 Å². The Morgan fingerprint density at radius 3 is 2.58 bits per heavy atom. The summed E-state index contributed by atoms with van der Waals surface area (Å²) in [6.07, 6.45) is 0. The van der Waals surface area contributed by atoms with E-state index in [0.29, 0.717) is 0 Å². The molecule has 0 radical (unpaired) electrons. The van der Waals surface area contributed by atoms with Crippen LogP contribution in [0.3, 0.4) is 0 Å². The Kier molecular flexibility index (Phi) is 5.85. The van der Waals surface area contributed by atoms with Gasteiger partial charge in [0.05, 0.1) is 4.92 Å². The first-order valence-electron chi connectivity index (χ1n) is 5.23. The van der Waals surface area contributed by atoms with Crippen LogP contribution in [0.25, 0.3) is 0 Å². The smallest absolute Gasteiger partial charge is 0.282 e. The number of hydrogen-bond acceptors (Lipinski definition) is 4. The van der Waals surface area contributed by atoms with Crippen molar-refractivity contribution in [2.75, 3.05) is 6.54 Å². The Morgan fingerprint density at radius 2 is 2.11 bits per heavy atom. The highest BCUT2D eigenvalue weighted by Gasteiger charge is 2.25. The standard InChI is InChI=1S/C11H14FN3O3.ClH/c1-11(2,6-13)14-10(16)8-5-7(12)3-4-9(8)15(17)18;/h3-5H,6,13H2,1-2H3,(H,14,16);1H. The highest BCUT2D eigenvalue weighted by molar-refractivity contribution is 5.98. The number of nitrogens with zero attached hydrogens (tertiary/aromatic N) is 1. The van der Waals surface area contributed by atoms with E-state index in [-0.39, 0.29) is 24.5 Å². The van der Waals surface area contributed by atoms with Crippen LogP contribution < -0.4 is 11.1 Å². The molecule has 106 valence electrons. The molecule has 1 aromatic rings. The van der Waals surface area contributed by atoms with Gasteiger partial charge in [-0.15, -0.1) is 12.4 Å². The normalized spacial score (nSPS) is 10.5. The molecule has 3 N–H and O–H groups in total. The second kappa shape index (κ2) is 6.44. The first-order chi connectivity index (χ1) is 8.26. The van der Waals surface area contributed by atoms with E-state index >= 15 is 0 Å². The van der Waals surface area contributed by atoms with Crippen LogP contribution in [-0.2, 0) is 0 Å². The molecule has 0 aliphatic carbocycles. The van der Waals surface area contributed by atoms with Crippen LogP contribution in [0, 0.1) is 15.9 Å². The molecule has 0 unspecified atom stereocenters. The first-order valence-corrected chi connectivity index (χ1v) is 5.23. The van der Waals surface area contributed by atoms with Crippen LogP contribution in [0.5, 0.6) is 0 Å². The summed E-state index contributed by atoms with van der Waals surface area (Å²) in [6.45, 7) is 3.48. The van der Waals surface area contributed by atoms with Gasteiger partial charge in [-0.1, -0.05) is 0 Å². The van der Waals surface area contributed by atoms with Gasteiger partial charge in [0.15, 0.2) is 0 Å². The van der Waals surface area contributed by atoms with Crippen molar-refractivity contribution in [2.45, 2.75) is 19.4 Å². The van der Waals surface area contributed by atoms with E-state index in [0.717, 1.165) is 18.2 Å². The molecule has 1 rings (SSSR count). The molecule has 0 aromatic heterocycles. The molecule has 0 aliphatic rings. The van der Waals surface area contributed by atoms with Gasteiger partial charge in [-0.25, -0.2) is 4.39 Å². The van der Waals surface area contributed by atoms with Crippen molar-refractivity contribution in [1.29, 1.82) is 0 Å². The zero-order valence-corrected chi connectivity index (χ0v) is 11.3. The number of nitrogens with two attached hydrogens (primary N) is 1. The Morgan fingerprint density at radius 1 is 1.53 bits per heavy atom. The second-order valence-corrected chi connectivity index (χ2v) is 4.46. The maximum absolute atomic E-state index is 13.1. The zero-order valence-electron chi connectivity index (χ0n) is 10.5. The molecule has 0 atom stereocenters. The fraction of sp³-hybridized carbons (Fsp3) is 0.364. The Balaban J connectivity index is 0.00000324. The summed E-state index contributed by atoms with van der Waals surface area (Å²) in [5, 5.41) is 13.3. The fourth-order valence-corrected chi connectivity index (χ4v) is 1.28. The first kappa shape index (κ1) is 17.3. The Bertz CT molecular complexity index is 494. The maximum atomic E-state index is 13.1. The number of benzene rings is 1. The lowest BCUT2D eigenvalue weighted by Crippen LogP contribution is -2.48. The lowest BCUT2D eigenvalue weighted by atomic mass is 10.0. The fourth-order valence-electron chi connectivity index (χ4n) is 1.28. The molecule has 0 saturated heterocycles. The molecule has 8 heteroatoms. The number of nitrogens with one attached hydrogen (secondary N) is 1. The number of rotatable bonds is 4. The molecule has 1 amide bonds. The van der Waals surface area contributed by atoms with Crippen LogP contribution in [-0.4, -0.2) is 22.9 Å². The van der Waals surface area contributed by atoms with Gasteiger partial charge < -0.3 is 11.1 Å². The summed E-state index contributed by atoms with van der Waals surface area (Å²) < 4.78 is 13.1. The van der Waals surface area contributed by atoms with Crippen molar-refractivity contribution in [2.24, 2.45) is 5.73 Å². The van der Waals surface area contributed by atoms with Crippen molar-refractivity contribution in [3.63, 3.8) is 0 Å². The van der Waals surface area contributed by atoms with Crippen LogP contribution >= 0.6 is 12.4 Å². The molecule has 0 saturated carbocycles. The summed E-state index contributed by atoms with van der Waals surface area (Å²) in [6, 6.07) is 2.72. The van der Waals surface area contributed by atoms with Crippen LogP contribution in [0.2, 0.25) is 0 Å². The largest absolute Gasteiger partial charge is 0.346 e. The average molecular weight is 292 g/mol. The highest BCUT2D eigenvalue weighted by atomic mass is 35.5. The topological polar surface area (TPSA) is 98.3 Å². The van der Waals surface area contributed by atoms with E-state index < -0.39 is 27.9 Å². The molecule has 0 heterocycles. The van der Waals surface area contributed by atoms with E-state index in [4.69, 9.17) is 5.73 Å². The van der Waals surface area contributed by atoms with E-state index in [2.05, 4.69) is 5.32 Å². The van der Waals surface area contributed by atoms with Crippen LogP contribution in [0.4, 0.5) is 10.1 Å². The van der Waals surface area contributed by atoms with Crippen molar-refractivity contribution in [1.82, 2.24) is 5.32 Å².